The number of furan rings is 1. The maximum Gasteiger partial charge on any atom is 0.137 e. The SMILES string of the molecule is c1ccc(-c2ccccc2N(c2cccc(-c3cc4ccccc4c4ccccc34)c2)c2ccc3c(c2)oc2cc4ccccc4cc23)cc1. The van der Waals surface area contributed by atoms with Gasteiger partial charge in [-0.25, -0.2) is 0 Å². The van der Waals surface area contributed by atoms with Gasteiger partial charge in [0.2, 0.25) is 0 Å². The molecule has 234 valence electrons. The average molecular weight is 638 g/mol. The van der Waals surface area contributed by atoms with Crippen LogP contribution in [0.5, 0.6) is 0 Å². The lowest BCUT2D eigenvalue weighted by Gasteiger charge is -2.28. The molecule has 10 rings (SSSR count). The first-order valence-corrected chi connectivity index (χ1v) is 17.1. The van der Waals surface area contributed by atoms with Crippen LogP contribution in [0.1, 0.15) is 0 Å². The first-order chi connectivity index (χ1) is 24.8. The normalized spacial score (nSPS) is 11.6. The molecule has 0 fully saturated rings. The van der Waals surface area contributed by atoms with Gasteiger partial charge in [0, 0.05) is 33.8 Å². The van der Waals surface area contributed by atoms with Crippen molar-refractivity contribution in [2.24, 2.45) is 0 Å². The fourth-order valence-electron chi connectivity index (χ4n) is 7.65. The Morgan fingerprint density at radius 2 is 0.960 bits per heavy atom. The molecule has 0 amide bonds. The molecule has 10 aromatic rings. The summed E-state index contributed by atoms with van der Waals surface area (Å²) in [6, 6.07) is 67.5. The Bertz CT molecular complexity index is 2880. The first kappa shape index (κ1) is 28.4. The van der Waals surface area contributed by atoms with Crippen molar-refractivity contribution in [2.45, 2.75) is 0 Å². The van der Waals surface area contributed by atoms with Crippen LogP contribution in [0, 0.1) is 0 Å². The van der Waals surface area contributed by atoms with Crippen LogP contribution < -0.4 is 4.90 Å². The molecule has 0 aliphatic heterocycles. The molecule has 9 aromatic carbocycles. The lowest BCUT2D eigenvalue weighted by atomic mass is 9.93. The minimum absolute atomic E-state index is 0.867. The number of hydrogen-bond acceptors (Lipinski definition) is 2. The zero-order chi connectivity index (χ0) is 33.0. The molecule has 2 nitrogen and oxygen atoms in total. The molecule has 0 bridgehead atoms. The van der Waals surface area contributed by atoms with Crippen LogP contribution in [0.15, 0.2) is 192 Å². The minimum atomic E-state index is 0.867. The smallest absolute Gasteiger partial charge is 0.137 e. The Morgan fingerprint density at radius 3 is 1.82 bits per heavy atom. The lowest BCUT2D eigenvalue weighted by Crippen LogP contribution is -2.11. The van der Waals surface area contributed by atoms with E-state index in [0.717, 1.165) is 44.6 Å². The van der Waals surface area contributed by atoms with Gasteiger partial charge in [-0.3, -0.25) is 0 Å². The standard InChI is InChI=1S/C48H31NO/c1-2-13-32(14-3-1)40-21-10-11-24-46(40)49(38-25-26-43-45-28-33-15-4-5-16-34(33)30-47(45)50-48(43)31-38)37-19-12-18-35(27-37)44-29-36-17-6-7-20-39(36)41-22-8-9-23-42(41)44/h1-31H. The maximum absolute atomic E-state index is 6.59. The van der Waals surface area contributed by atoms with Gasteiger partial charge in [0.05, 0.1) is 5.69 Å². The molecule has 1 aromatic heterocycles. The van der Waals surface area contributed by atoms with Crippen LogP contribution in [-0.4, -0.2) is 0 Å². The summed E-state index contributed by atoms with van der Waals surface area (Å²) in [5, 5.41) is 9.65. The van der Waals surface area contributed by atoms with Crippen LogP contribution in [-0.2, 0) is 0 Å². The van der Waals surface area contributed by atoms with E-state index in [1.165, 1.54) is 49.0 Å². The van der Waals surface area contributed by atoms with Crippen molar-refractivity contribution in [3.05, 3.63) is 188 Å². The lowest BCUT2D eigenvalue weighted by molar-refractivity contribution is 0.669. The van der Waals surface area contributed by atoms with Gasteiger partial charge in [-0.1, -0.05) is 133 Å². The summed E-state index contributed by atoms with van der Waals surface area (Å²) in [5.41, 5.74) is 9.69. The number of para-hydroxylation sites is 1. The van der Waals surface area contributed by atoms with Crippen molar-refractivity contribution in [1.82, 2.24) is 0 Å². The van der Waals surface area contributed by atoms with E-state index >= 15 is 0 Å². The molecule has 0 N–H and O–H groups in total. The Morgan fingerprint density at radius 1 is 0.320 bits per heavy atom. The highest BCUT2D eigenvalue weighted by Gasteiger charge is 2.20. The van der Waals surface area contributed by atoms with Gasteiger partial charge in [0.25, 0.3) is 0 Å². The van der Waals surface area contributed by atoms with Crippen LogP contribution in [0.3, 0.4) is 0 Å². The molecule has 0 spiro atoms. The van der Waals surface area contributed by atoms with Crippen molar-refractivity contribution < 1.29 is 4.42 Å². The minimum Gasteiger partial charge on any atom is -0.456 e. The second-order valence-corrected chi connectivity index (χ2v) is 12.9. The van der Waals surface area contributed by atoms with E-state index < -0.39 is 0 Å². The molecule has 0 unspecified atom stereocenters. The zero-order valence-corrected chi connectivity index (χ0v) is 27.3. The number of nitrogens with zero attached hydrogens (tertiary/aromatic N) is 1. The average Bonchev–Trinajstić information content (AvgIpc) is 3.54. The Labute approximate surface area is 290 Å². The number of anilines is 3. The highest BCUT2D eigenvalue weighted by Crippen LogP contribution is 2.44. The quantitative estimate of drug-likeness (QED) is 0.175. The predicted octanol–water partition coefficient (Wildman–Crippen LogP) is 13.8. The Hall–Kier alpha value is -6.64. The van der Waals surface area contributed by atoms with Crippen LogP contribution in [0.2, 0.25) is 0 Å². The summed E-state index contributed by atoms with van der Waals surface area (Å²) in [6.07, 6.45) is 0. The number of fused-ring (bicyclic) bond motifs is 7. The van der Waals surface area contributed by atoms with E-state index in [9.17, 15) is 0 Å². The molecule has 0 aliphatic carbocycles. The van der Waals surface area contributed by atoms with E-state index in [1.54, 1.807) is 0 Å². The highest BCUT2D eigenvalue weighted by atomic mass is 16.3. The summed E-state index contributed by atoms with van der Waals surface area (Å²) in [5.74, 6) is 0. The fraction of sp³-hybridized carbons (Fsp3) is 0. The summed E-state index contributed by atoms with van der Waals surface area (Å²) < 4.78 is 6.59. The Kier molecular flexibility index (Phi) is 6.53. The predicted molar refractivity (Wildman–Crippen MR) is 212 cm³/mol. The molecular formula is C48H31NO. The third-order valence-electron chi connectivity index (χ3n) is 9.99. The first-order valence-electron chi connectivity index (χ1n) is 17.1. The number of rotatable bonds is 5. The van der Waals surface area contributed by atoms with Crippen molar-refractivity contribution in [1.29, 1.82) is 0 Å². The van der Waals surface area contributed by atoms with Crippen LogP contribution >= 0.6 is 0 Å². The van der Waals surface area contributed by atoms with Crippen molar-refractivity contribution >= 4 is 71.3 Å². The topological polar surface area (TPSA) is 16.4 Å². The van der Waals surface area contributed by atoms with Gasteiger partial charge in [0.1, 0.15) is 11.2 Å². The molecule has 0 aliphatic rings. The van der Waals surface area contributed by atoms with Gasteiger partial charge in [-0.15, -0.1) is 0 Å². The summed E-state index contributed by atoms with van der Waals surface area (Å²) in [6.45, 7) is 0. The molecule has 1 heterocycles. The molecule has 0 radical (unpaired) electrons. The van der Waals surface area contributed by atoms with Gasteiger partial charge in [-0.2, -0.15) is 0 Å². The van der Waals surface area contributed by atoms with Gasteiger partial charge >= 0.3 is 0 Å². The van der Waals surface area contributed by atoms with Crippen LogP contribution in [0.4, 0.5) is 17.1 Å². The molecule has 2 heteroatoms. The second-order valence-electron chi connectivity index (χ2n) is 12.9. The zero-order valence-electron chi connectivity index (χ0n) is 27.3. The molecule has 0 saturated carbocycles. The van der Waals surface area contributed by atoms with Crippen molar-refractivity contribution in [3.8, 4) is 22.3 Å². The van der Waals surface area contributed by atoms with Gasteiger partial charge in [-0.05, 0) is 97.5 Å². The summed E-state index contributed by atoms with van der Waals surface area (Å²) in [7, 11) is 0. The molecule has 0 saturated heterocycles. The van der Waals surface area contributed by atoms with E-state index in [0.29, 0.717) is 0 Å². The molecule has 0 atom stereocenters. The molecular weight excluding hydrogens is 607 g/mol. The highest BCUT2D eigenvalue weighted by molar-refractivity contribution is 6.14. The molecule has 50 heavy (non-hydrogen) atoms. The number of benzene rings is 9. The summed E-state index contributed by atoms with van der Waals surface area (Å²) in [4.78, 5) is 2.37. The van der Waals surface area contributed by atoms with Gasteiger partial charge in [0.15, 0.2) is 0 Å². The largest absolute Gasteiger partial charge is 0.456 e. The number of hydrogen-bond donors (Lipinski definition) is 0. The van der Waals surface area contributed by atoms with E-state index in [-0.39, 0.29) is 0 Å². The second kappa shape index (κ2) is 11.5. The summed E-state index contributed by atoms with van der Waals surface area (Å²) >= 11 is 0. The Balaban J connectivity index is 1.20. The van der Waals surface area contributed by atoms with Crippen LogP contribution in [0.25, 0.3) is 76.5 Å². The van der Waals surface area contributed by atoms with E-state index in [2.05, 4.69) is 193 Å². The van der Waals surface area contributed by atoms with E-state index in [4.69, 9.17) is 4.42 Å². The van der Waals surface area contributed by atoms with Crippen molar-refractivity contribution in [2.75, 3.05) is 4.90 Å². The maximum atomic E-state index is 6.59. The van der Waals surface area contributed by atoms with Gasteiger partial charge < -0.3 is 9.32 Å². The van der Waals surface area contributed by atoms with E-state index in [1.807, 2.05) is 0 Å². The third-order valence-corrected chi connectivity index (χ3v) is 9.99. The monoisotopic (exact) mass is 637 g/mol. The fourth-order valence-corrected chi connectivity index (χ4v) is 7.65. The van der Waals surface area contributed by atoms with Crippen molar-refractivity contribution in [3.63, 3.8) is 0 Å². The third kappa shape index (κ3) is 4.65.